The molecule has 0 aliphatic rings. The normalized spacial score (nSPS) is 11.4. The summed E-state index contributed by atoms with van der Waals surface area (Å²) in [7, 11) is -1.15. The fourth-order valence-corrected chi connectivity index (χ4v) is 3.42. The number of benzene rings is 2. The van der Waals surface area contributed by atoms with E-state index in [9.17, 15) is 0 Å². The van der Waals surface area contributed by atoms with E-state index in [1.54, 1.807) is 0 Å². The first-order valence-corrected chi connectivity index (χ1v) is 12.8. The molecule has 0 saturated carbocycles. The molecule has 134 valence electrons. The predicted octanol–water partition coefficient (Wildman–Crippen LogP) is 5.84. The fourth-order valence-electron chi connectivity index (χ4n) is 2.70. The van der Waals surface area contributed by atoms with E-state index in [0.29, 0.717) is 6.61 Å². The van der Waals surface area contributed by atoms with Crippen molar-refractivity contribution in [3.63, 3.8) is 0 Å². The van der Waals surface area contributed by atoms with Crippen molar-refractivity contribution in [3.05, 3.63) is 66.4 Å². The van der Waals surface area contributed by atoms with Crippen molar-refractivity contribution in [3.8, 4) is 28.4 Å². The molecule has 26 heavy (non-hydrogen) atoms. The molecule has 0 amide bonds. The number of nitrogens with zero attached hydrogens (tertiary/aromatic N) is 2. The first kappa shape index (κ1) is 18.3. The molecule has 0 spiro atoms. The van der Waals surface area contributed by atoms with Crippen molar-refractivity contribution in [1.82, 2.24) is 9.97 Å². The highest BCUT2D eigenvalue weighted by Gasteiger charge is 2.18. The van der Waals surface area contributed by atoms with Crippen molar-refractivity contribution in [2.45, 2.75) is 32.6 Å². The minimum atomic E-state index is -1.15. The third-order valence-corrected chi connectivity index (χ3v) is 5.92. The zero-order valence-electron chi connectivity index (χ0n) is 16.0. The summed E-state index contributed by atoms with van der Waals surface area (Å²) in [6.07, 6.45) is 0. The summed E-state index contributed by atoms with van der Waals surface area (Å²) in [4.78, 5) is 9.58. The van der Waals surface area contributed by atoms with Crippen molar-refractivity contribution in [1.29, 1.82) is 0 Å². The lowest BCUT2D eigenvalue weighted by molar-refractivity contribution is 0.334. The Morgan fingerprint density at radius 3 is 1.96 bits per heavy atom. The molecule has 1 aromatic heterocycles. The highest BCUT2D eigenvalue weighted by atomic mass is 28.3. The van der Waals surface area contributed by atoms with Gasteiger partial charge in [0.2, 0.25) is 0 Å². The second-order valence-electron chi connectivity index (χ2n) is 7.70. The van der Waals surface area contributed by atoms with E-state index >= 15 is 0 Å². The maximum atomic E-state index is 6.20. The van der Waals surface area contributed by atoms with Crippen LogP contribution in [0.25, 0.3) is 22.6 Å². The molecule has 3 nitrogen and oxygen atoms in total. The number of hydrogen-bond acceptors (Lipinski definition) is 3. The number of ether oxygens (including phenoxy) is 1. The van der Waals surface area contributed by atoms with Crippen LogP contribution in [-0.4, -0.2) is 24.6 Å². The van der Waals surface area contributed by atoms with Gasteiger partial charge in [0.05, 0.1) is 12.3 Å². The van der Waals surface area contributed by atoms with E-state index in [1.807, 2.05) is 55.5 Å². The summed E-state index contributed by atoms with van der Waals surface area (Å²) >= 11 is 0. The van der Waals surface area contributed by atoms with Gasteiger partial charge in [-0.05, 0) is 13.0 Å². The second kappa shape index (κ2) is 7.83. The van der Waals surface area contributed by atoms with Gasteiger partial charge in [0, 0.05) is 19.2 Å². The smallest absolute Gasteiger partial charge is 0.166 e. The van der Waals surface area contributed by atoms with Gasteiger partial charge in [-0.1, -0.05) is 80.3 Å². The Hall–Kier alpha value is -2.46. The minimum absolute atomic E-state index is 0.713. The molecule has 4 heteroatoms. The lowest BCUT2D eigenvalue weighted by Gasteiger charge is -2.19. The van der Waals surface area contributed by atoms with Gasteiger partial charge < -0.3 is 4.74 Å². The molecule has 0 saturated heterocycles. The van der Waals surface area contributed by atoms with Crippen LogP contribution >= 0.6 is 0 Å². The van der Waals surface area contributed by atoms with Gasteiger partial charge in [-0.3, -0.25) is 0 Å². The topological polar surface area (TPSA) is 35.0 Å². The maximum absolute atomic E-state index is 6.20. The summed E-state index contributed by atoms with van der Waals surface area (Å²) in [5.41, 5.74) is 3.82. The number of aryl methyl sites for hydroxylation is 1. The van der Waals surface area contributed by atoms with Crippen LogP contribution < -0.4 is 4.74 Å². The van der Waals surface area contributed by atoms with Crippen molar-refractivity contribution in [2.24, 2.45) is 0 Å². The molecule has 0 bridgehead atoms. The average Bonchev–Trinajstić information content (AvgIpc) is 2.63. The van der Waals surface area contributed by atoms with Gasteiger partial charge in [0.15, 0.2) is 11.6 Å². The summed E-state index contributed by atoms with van der Waals surface area (Å²) in [6, 6.07) is 21.4. The van der Waals surface area contributed by atoms with Crippen LogP contribution in [0.5, 0.6) is 5.75 Å². The van der Waals surface area contributed by atoms with Gasteiger partial charge in [0.25, 0.3) is 0 Å². The highest BCUT2D eigenvalue weighted by molar-refractivity contribution is 6.76. The van der Waals surface area contributed by atoms with Gasteiger partial charge >= 0.3 is 0 Å². The molecular weight excluding hydrogens is 336 g/mol. The molecule has 3 rings (SSSR count). The molecular formula is C22H26N2OSi. The maximum Gasteiger partial charge on any atom is 0.166 e. The highest BCUT2D eigenvalue weighted by Crippen LogP contribution is 2.33. The van der Waals surface area contributed by atoms with Gasteiger partial charge in [0.1, 0.15) is 5.69 Å². The molecule has 2 aromatic carbocycles. The van der Waals surface area contributed by atoms with Crippen LogP contribution in [0, 0.1) is 6.92 Å². The predicted molar refractivity (Wildman–Crippen MR) is 111 cm³/mol. The Morgan fingerprint density at radius 2 is 1.38 bits per heavy atom. The third kappa shape index (κ3) is 4.58. The van der Waals surface area contributed by atoms with Crippen molar-refractivity contribution < 1.29 is 4.74 Å². The molecule has 0 fully saturated rings. The summed E-state index contributed by atoms with van der Waals surface area (Å²) in [5.74, 6) is 1.54. The monoisotopic (exact) mass is 362 g/mol. The standard InChI is InChI=1S/C22H26N2OSi/c1-17-21(25-15-16-26(2,3)4)20(18-11-7-5-8-12-18)24-22(23-17)19-13-9-6-10-14-19/h5-14H,15-16H2,1-4H3. The van der Waals surface area contributed by atoms with E-state index in [0.717, 1.165) is 40.1 Å². The van der Waals surface area contributed by atoms with Crippen LogP contribution in [0.3, 0.4) is 0 Å². The van der Waals surface area contributed by atoms with Crippen LogP contribution in [0.4, 0.5) is 0 Å². The first-order chi connectivity index (χ1) is 12.4. The lowest BCUT2D eigenvalue weighted by atomic mass is 10.1. The molecule has 0 radical (unpaired) electrons. The summed E-state index contributed by atoms with van der Waals surface area (Å²) < 4.78 is 6.20. The average molecular weight is 363 g/mol. The Morgan fingerprint density at radius 1 is 0.808 bits per heavy atom. The quantitative estimate of drug-likeness (QED) is 0.517. The number of hydrogen-bond donors (Lipinski definition) is 0. The third-order valence-electron chi connectivity index (χ3n) is 4.21. The summed E-state index contributed by atoms with van der Waals surface area (Å²) in [5, 5.41) is 0. The van der Waals surface area contributed by atoms with E-state index in [4.69, 9.17) is 14.7 Å². The zero-order chi connectivity index (χ0) is 18.6. The molecule has 0 aliphatic carbocycles. The van der Waals surface area contributed by atoms with Crippen molar-refractivity contribution >= 4 is 8.07 Å². The van der Waals surface area contributed by atoms with Gasteiger partial charge in [-0.25, -0.2) is 9.97 Å². The van der Waals surface area contributed by atoms with E-state index < -0.39 is 8.07 Å². The van der Waals surface area contributed by atoms with E-state index in [-0.39, 0.29) is 0 Å². The lowest BCUT2D eigenvalue weighted by Crippen LogP contribution is -2.22. The molecule has 0 atom stereocenters. The first-order valence-electron chi connectivity index (χ1n) is 9.06. The van der Waals surface area contributed by atoms with Gasteiger partial charge in [-0.2, -0.15) is 0 Å². The Balaban J connectivity index is 2.02. The Bertz CT molecular complexity index is 859. The summed E-state index contributed by atoms with van der Waals surface area (Å²) in [6.45, 7) is 9.79. The zero-order valence-corrected chi connectivity index (χ0v) is 17.0. The largest absolute Gasteiger partial charge is 0.490 e. The molecule has 0 N–H and O–H groups in total. The Kier molecular flexibility index (Phi) is 5.52. The van der Waals surface area contributed by atoms with Crippen LogP contribution in [0.1, 0.15) is 5.69 Å². The van der Waals surface area contributed by atoms with Crippen molar-refractivity contribution in [2.75, 3.05) is 6.61 Å². The molecule has 0 unspecified atom stereocenters. The molecule has 0 aliphatic heterocycles. The Labute approximate surface area is 157 Å². The van der Waals surface area contributed by atoms with Crippen LogP contribution in [0.2, 0.25) is 25.7 Å². The molecule has 1 heterocycles. The second-order valence-corrected chi connectivity index (χ2v) is 13.3. The fraction of sp³-hybridized carbons (Fsp3) is 0.273. The van der Waals surface area contributed by atoms with Crippen LogP contribution in [-0.2, 0) is 0 Å². The SMILES string of the molecule is Cc1nc(-c2ccccc2)nc(-c2ccccc2)c1OCC[Si](C)(C)C. The molecule has 3 aromatic rings. The van der Waals surface area contributed by atoms with Gasteiger partial charge in [-0.15, -0.1) is 0 Å². The van der Waals surface area contributed by atoms with E-state index in [1.165, 1.54) is 0 Å². The number of aromatic nitrogens is 2. The van der Waals surface area contributed by atoms with Crippen LogP contribution in [0.15, 0.2) is 60.7 Å². The minimum Gasteiger partial charge on any atom is -0.490 e. The van der Waals surface area contributed by atoms with E-state index in [2.05, 4.69) is 31.8 Å². The number of rotatable bonds is 6.